The molecular formula is C19H39N3. The summed E-state index contributed by atoms with van der Waals surface area (Å²) in [5.74, 6) is 0. The van der Waals surface area contributed by atoms with Crippen molar-refractivity contribution in [3.05, 3.63) is 23.3 Å². The summed E-state index contributed by atoms with van der Waals surface area (Å²) >= 11 is 0. The summed E-state index contributed by atoms with van der Waals surface area (Å²) in [4.78, 5) is 2.45. The van der Waals surface area contributed by atoms with E-state index in [9.17, 15) is 0 Å². The number of likely N-dealkylation sites (N-methyl/N-ethyl adjacent to an activating group) is 1. The lowest BCUT2D eigenvalue weighted by atomic mass is 10.1. The number of nitrogens with zero attached hydrogens (tertiary/aromatic N) is 1. The van der Waals surface area contributed by atoms with Crippen LogP contribution < -0.4 is 10.6 Å². The highest BCUT2D eigenvalue weighted by Gasteiger charge is 1.97. The smallest absolute Gasteiger partial charge is 0.0137 e. The zero-order valence-electron chi connectivity index (χ0n) is 15.7. The molecule has 0 unspecified atom stereocenters. The maximum atomic E-state index is 3.52. The van der Waals surface area contributed by atoms with E-state index in [2.05, 4.69) is 62.3 Å². The molecule has 0 aromatic rings. The molecule has 0 spiro atoms. The SMILES string of the molecule is CCN(CC)CCNCCCNC/C=C(\C)CCC=C(C)C. The molecule has 0 aromatic carbocycles. The average Bonchev–Trinajstić information content (AvgIpc) is 2.49. The molecule has 0 atom stereocenters. The van der Waals surface area contributed by atoms with E-state index in [1.165, 1.54) is 30.4 Å². The van der Waals surface area contributed by atoms with Gasteiger partial charge < -0.3 is 15.5 Å². The highest BCUT2D eigenvalue weighted by atomic mass is 15.1. The molecule has 0 aliphatic heterocycles. The van der Waals surface area contributed by atoms with E-state index < -0.39 is 0 Å². The van der Waals surface area contributed by atoms with Crippen molar-refractivity contribution in [1.29, 1.82) is 0 Å². The summed E-state index contributed by atoms with van der Waals surface area (Å²) in [5.41, 5.74) is 2.90. The Hall–Kier alpha value is -0.640. The summed E-state index contributed by atoms with van der Waals surface area (Å²) in [5, 5.41) is 7.01. The molecule has 0 heterocycles. The minimum atomic E-state index is 1.00. The molecule has 22 heavy (non-hydrogen) atoms. The fourth-order valence-corrected chi connectivity index (χ4v) is 2.28. The predicted molar refractivity (Wildman–Crippen MR) is 101 cm³/mol. The van der Waals surface area contributed by atoms with Gasteiger partial charge in [0.15, 0.2) is 0 Å². The second-order valence-electron chi connectivity index (χ2n) is 6.21. The van der Waals surface area contributed by atoms with Gasteiger partial charge in [-0.1, -0.05) is 37.1 Å². The van der Waals surface area contributed by atoms with Gasteiger partial charge in [0, 0.05) is 19.6 Å². The first kappa shape index (κ1) is 21.4. The Labute approximate surface area is 139 Å². The van der Waals surface area contributed by atoms with Gasteiger partial charge in [0.25, 0.3) is 0 Å². The third kappa shape index (κ3) is 14.3. The maximum Gasteiger partial charge on any atom is 0.0137 e. The van der Waals surface area contributed by atoms with Crippen molar-refractivity contribution in [3.8, 4) is 0 Å². The Bertz CT molecular complexity index is 300. The third-order valence-corrected chi connectivity index (χ3v) is 3.89. The molecule has 0 saturated carbocycles. The number of hydrogen-bond donors (Lipinski definition) is 2. The molecule has 0 fully saturated rings. The van der Waals surface area contributed by atoms with Gasteiger partial charge in [0.1, 0.15) is 0 Å². The molecule has 0 saturated heterocycles. The van der Waals surface area contributed by atoms with Gasteiger partial charge in [-0.15, -0.1) is 0 Å². The van der Waals surface area contributed by atoms with Crippen LogP contribution in [0.1, 0.15) is 53.9 Å². The zero-order valence-corrected chi connectivity index (χ0v) is 15.7. The van der Waals surface area contributed by atoms with E-state index in [0.29, 0.717) is 0 Å². The quantitative estimate of drug-likeness (QED) is 0.379. The van der Waals surface area contributed by atoms with E-state index in [4.69, 9.17) is 0 Å². The van der Waals surface area contributed by atoms with Crippen molar-refractivity contribution in [2.24, 2.45) is 0 Å². The van der Waals surface area contributed by atoms with E-state index >= 15 is 0 Å². The molecule has 2 N–H and O–H groups in total. The number of hydrogen-bond acceptors (Lipinski definition) is 3. The van der Waals surface area contributed by atoms with Gasteiger partial charge in [-0.25, -0.2) is 0 Å². The second kappa shape index (κ2) is 15.3. The molecule has 0 amide bonds. The Morgan fingerprint density at radius 1 is 0.909 bits per heavy atom. The van der Waals surface area contributed by atoms with Crippen molar-refractivity contribution < 1.29 is 0 Å². The first-order valence-electron chi connectivity index (χ1n) is 9.02. The Morgan fingerprint density at radius 3 is 2.23 bits per heavy atom. The van der Waals surface area contributed by atoms with Gasteiger partial charge in [-0.05, 0) is 66.2 Å². The van der Waals surface area contributed by atoms with Gasteiger partial charge in [0.2, 0.25) is 0 Å². The molecule has 0 rings (SSSR count). The van der Waals surface area contributed by atoms with Crippen LogP contribution in [0.2, 0.25) is 0 Å². The van der Waals surface area contributed by atoms with Crippen LogP contribution in [0.5, 0.6) is 0 Å². The number of rotatable bonds is 14. The van der Waals surface area contributed by atoms with Crippen molar-refractivity contribution >= 4 is 0 Å². The summed E-state index contributed by atoms with van der Waals surface area (Å²) < 4.78 is 0. The average molecular weight is 310 g/mol. The lowest BCUT2D eigenvalue weighted by Gasteiger charge is -2.17. The molecular weight excluding hydrogens is 270 g/mol. The van der Waals surface area contributed by atoms with Crippen molar-refractivity contribution in [2.75, 3.05) is 45.8 Å². The maximum absolute atomic E-state index is 3.52. The van der Waals surface area contributed by atoms with Crippen LogP contribution in [0.25, 0.3) is 0 Å². The summed E-state index contributed by atoms with van der Waals surface area (Å²) in [6, 6.07) is 0. The van der Waals surface area contributed by atoms with Crippen molar-refractivity contribution in [3.63, 3.8) is 0 Å². The van der Waals surface area contributed by atoms with Crippen molar-refractivity contribution in [1.82, 2.24) is 15.5 Å². The van der Waals surface area contributed by atoms with Crippen LogP contribution in [0.15, 0.2) is 23.3 Å². The van der Waals surface area contributed by atoms with Gasteiger partial charge in [0.05, 0.1) is 0 Å². The van der Waals surface area contributed by atoms with Gasteiger partial charge in [-0.3, -0.25) is 0 Å². The molecule has 3 nitrogen and oxygen atoms in total. The van der Waals surface area contributed by atoms with E-state index in [0.717, 1.165) is 45.8 Å². The Balaban J connectivity index is 3.40. The Kier molecular flexibility index (Phi) is 14.8. The minimum Gasteiger partial charge on any atom is -0.315 e. The highest BCUT2D eigenvalue weighted by Crippen LogP contribution is 2.05. The van der Waals surface area contributed by atoms with Crippen LogP contribution >= 0.6 is 0 Å². The molecule has 0 bridgehead atoms. The topological polar surface area (TPSA) is 27.3 Å². The standard InChI is InChI=1S/C19H39N3/c1-6-22(7-2)17-16-21-14-9-13-20-15-12-19(5)11-8-10-18(3)4/h10,12,20-21H,6-9,11,13-17H2,1-5H3/b19-12+. The normalized spacial score (nSPS) is 12.0. The Morgan fingerprint density at radius 2 is 1.59 bits per heavy atom. The third-order valence-electron chi connectivity index (χ3n) is 3.89. The van der Waals surface area contributed by atoms with Gasteiger partial charge >= 0.3 is 0 Å². The first-order chi connectivity index (χ1) is 10.6. The lowest BCUT2D eigenvalue weighted by molar-refractivity contribution is 0.302. The molecule has 0 aliphatic carbocycles. The van der Waals surface area contributed by atoms with E-state index in [-0.39, 0.29) is 0 Å². The van der Waals surface area contributed by atoms with Crippen LogP contribution in [0.3, 0.4) is 0 Å². The second-order valence-corrected chi connectivity index (χ2v) is 6.21. The lowest BCUT2D eigenvalue weighted by Crippen LogP contribution is -2.33. The van der Waals surface area contributed by atoms with Crippen LogP contribution in [0, 0.1) is 0 Å². The summed E-state index contributed by atoms with van der Waals surface area (Å²) in [6.45, 7) is 18.8. The molecule has 130 valence electrons. The molecule has 0 radical (unpaired) electrons. The van der Waals surface area contributed by atoms with Crippen LogP contribution in [-0.2, 0) is 0 Å². The molecule has 0 aromatic heterocycles. The van der Waals surface area contributed by atoms with Crippen molar-refractivity contribution in [2.45, 2.75) is 53.9 Å². The number of allylic oxidation sites excluding steroid dienone is 3. The summed E-state index contributed by atoms with van der Waals surface area (Å²) in [6.07, 6.45) is 8.19. The fourth-order valence-electron chi connectivity index (χ4n) is 2.28. The zero-order chi connectivity index (χ0) is 16.6. The summed E-state index contributed by atoms with van der Waals surface area (Å²) in [7, 11) is 0. The van der Waals surface area contributed by atoms with E-state index in [1.807, 2.05) is 0 Å². The predicted octanol–water partition coefficient (Wildman–Crippen LogP) is 3.59. The number of nitrogens with one attached hydrogen (secondary N) is 2. The largest absolute Gasteiger partial charge is 0.315 e. The molecule has 3 heteroatoms. The minimum absolute atomic E-state index is 1.00. The molecule has 0 aliphatic rings. The fraction of sp³-hybridized carbons (Fsp3) is 0.789. The first-order valence-corrected chi connectivity index (χ1v) is 9.02. The van der Waals surface area contributed by atoms with Crippen LogP contribution in [-0.4, -0.2) is 50.7 Å². The van der Waals surface area contributed by atoms with E-state index in [1.54, 1.807) is 0 Å². The monoisotopic (exact) mass is 309 g/mol. The van der Waals surface area contributed by atoms with Crippen LogP contribution in [0.4, 0.5) is 0 Å². The van der Waals surface area contributed by atoms with Gasteiger partial charge in [-0.2, -0.15) is 0 Å². The highest BCUT2D eigenvalue weighted by molar-refractivity contribution is 5.02.